The summed E-state index contributed by atoms with van der Waals surface area (Å²) >= 11 is 0. The van der Waals surface area contributed by atoms with Gasteiger partial charge in [-0.25, -0.2) is 15.0 Å². The minimum Gasteiger partial charge on any atom is -0.465 e. The molecule has 2 aromatic rings. The molecule has 0 bridgehead atoms. The maximum atomic E-state index is 10.6. The summed E-state index contributed by atoms with van der Waals surface area (Å²) in [7, 11) is 0. The van der Waals surface area contributed by atoms with E-state index in [0.29, 0.717) is 29.9 Å². The summed E-state index contributed by atoms with van der Waals surface area (Å²) < 4.78 is 13.0. The number of nitrogens with two attached hydrogens (primary N) is 2. The second-order valence-electron chi connectivity index (χ2n) is 5.78. The molecule has 0 radical (unpaired) electrons. The van der Waals surface area contributed by atoms with E-state index in [1.54, 1.807) is 10.9 Å². The number of carbonyl (C=O) groups excluding carboxylic acids is 1. The summed E-state index contributed by atoms with van der Waals surface area (Å²) in [5.41, 5.74) is 12.6. The zero-order valence-corrected chi connectivity index (χ0v) is 13.0. The summed E-state index contributed by atoms with van der Waals surface area (Å²) in [6, 6.07) is -0.307. The van der Waals surface area contributed by atoms with Gasteiger partial charge in [-0.05, 0) is 6.42 Å². The van der Waals surface area contributed by atoms with Crippen LogP contribution in [0.4, 0.5) is 5.82 Å². The van der Waals surface area contributed by atoms with Gasteiger partial charge in [0.25, 0.3) is 6.47 Å². The van der Waals surface area contributed by atoms with Crippen molar-refractivity contribution < 1.29 is 14.3 Å². The van der Waals surface area contributed by atoms with Crippen LogP contribution >= 0.6 is 0 Å². The van der Waals surface area contributed by atoms with Gasteiger partial charge in [0.2, 0.25) is 0 Å². The van der Waals surface area contributed by atoms with Crippen molar-refractivity contribution in [2.45, 2.75) is 38.1 Å². The Balaban J connectivity index is 1.99. The first-order chi connectivity index (χ1) is 11.0. The highest BCUT2D eigenvalue weighted by Gasteiger charge is 2.52. The molecule has 3 rings (SSSR count). The molecule has 4 atom stereocenters. The van der Waals surface area contributed by atoms with Gasteiger partial charge in [0, 0.05) is 5.92 Å². The van der Waals surface area contributed by atoms with Crippen LogP contribution in [0.5, 0.6) is 0 Å². The van der Waals surface area contributed by atoms with Crippen LogP contribution in [0.25, 0.3) is 11.2 Å². The van der Waals surface area contributed by atoms with Crippen LogP contribution in [0.1, 0.15) is 26.5 Å². The van der Waals surface area contributed by atoms with E-state index in [0.717, 1.165) is 0 Å². The molecule has 1 aliphatic rings. The molecule has 0 amide bonds. The topological polar surface area (TPSA) is 131 Å². The maximum absolute atomic E-state index is 10.6. The molecule has 2 aromatic heterocycles. The van der Waals surface area contributed by atoms with Gasteiger partial charge in [0.05, 0.1) is 12.4 Å². The molecule has 0 saturated carbocycles. The molecular formula is C14H20N6O3. The molecule has 1 saturated heterocycles. The Hall–Kier alpha value is -2.26. The van der Waals surface area contributed by atoms with Crippen molar-refractivity contribution in [3.63, 3.8) is 0 Å². The SMILES string of the molecule is CC[C@]1(COC=O)O[C@@H](n2cnc3c(N)ncnc32)[C@@H](N)C1C. The number of imidazole rings is 1. The zero-order valence-electron chi connectivity index (χ0n) is 13.0. The number of anilines is 1. The predicted molar refractivity (Wildman–Crippen MR) is 82.0 cm³/mol. The van der Waals surface area contributed by atoms with E-state index < -0.39 is 11.8 Å². The average Bonchev–Trinajstić information content (AvgIpc) is 3.09. The highest BCUT2D eigenvalue weighted by molar-refractivity contribution is 5.81. The lowest BCUT2D eigenvalue weighted by atomic mass is 9.84. The van der Waals surface area contributed by atoms with E-state index in [4.69, 9.17) is 20.9 Å². The average molecular weight is 320 g/mol. The molecule has 9 heteroatoms. The first-order valence-electron chi connectivity index (χ1n) is 7.45. The highest BCUT2D eigenvalue weighted by atomic mass is 16.6. The minimum atomic E-state index is -0.639. The number of hydrogen-bond acceptors (Lipinski definition) is 8. The molecule has 4 N–H and O–H groups in total. The van der Waals surface area contributed by atoms with Crippen molar-refractivity contribution in [1.82, 2.24) is 19.5 Å². The van der Waals surface area contributed by atoms with Gasteiger partial charge < -0.3 is 20.9 Å². The fraction of sp³-hybridized carbons (Fsp3) is 0.571. The number of hydrogen-bond donors (Lipinski definition) is 2. The van der Waals surface area contributed by atoms with Crippen LogP contribution in [-0.2, 0) is 14.3 Å². The molecule has 1 aliphatic heterocycles. The Morgan fingerprint density at radius 3 is 2.96 bits per heavy atom. The minimum absolute atomic E-state index is 0.0194. The van der Waals surface area contributed by atoms with Crippen molar-refractivity contribution in [2.75, 3.05) is 12.3 Å². The number of nitrogen functional groups attached to an aromatic ring is 1. The predicted octanol–water partition coefficient (Wildman–Crippen LogP) is 0.223. The molecule has 0 aliphatic carbocycles. The number of fused-ring (bicyclic) bond motifs is 1. The summed E-state index contributed by atoms with van der Waals surface area (Å²) in [4.78, 5) is 23.0. The normalized spacial score (nSPS) is 30.7. The van der Waals surface area contributed by atoms with E-state index in [1.807, 2.05) is 13.8 Å². The molecule has 3 heterocycles. The fourth-order valence-corrected chi connectivity index (χ4v) is 3.17. The van der Waals surface area contributed by atoms with E-state index in [1.165, 1.54) is 6.33 Å². The summed E-state index contributed by atoms with van der Waals surface area (Å²) in [6.07, 6.45) is 3.16. The zero-order chi connectivity index (χ0) is 16.6. The molecule has 124 valence electrons. The van der Waals surface area contributed by atoms with Crippen molar-refractivity contribution in [2.24, 2.45) is 11.7 Å². The van der Waals surface area contributed by atoms with Crippen molar-refractivity contribution in [3.05, 3.63) is 12.7 Å². The standard InChI is InChI=1S/C14H20N6O3/c1-3-14(4-22-7-21)8(2)9(15)13(23-14)20-6-19-10-11(16)17-5-18-12(10)20/h5-9,13H,3-4,15H2,1-2H3,(H2,16,17,18)/t8?,9-,13+,14+/m0/s1. The van der Waals surface area contributed by atoms with Gasteiger partial charge in [-0.1, -0.05) is 13.8 Å². The maximum Gasteiger partial charge on any atom is 0.293 e. The Morgan fingerprint density at radius 1 is 1.48 bits per heavy atom. The van der Waals surface area contributed by atoms with Crippen LogP contribution in [-0.4, -0.2) is 44.2 Å². The van der Waals surface area contributed by atoms with Gasteiger partial charge in [0.15, 0.2) is 17.7 Å². The second-order valence-corrected chi connectivity index (χ2v) is 5.78. The fourth-order valence-electron chi connectivity index (χ4n) is 3.17. The lowest BCUT2D eigenvalue weighted by molar-refractivity contribution is -0.148. The van der Waals surface area contributed by atoms with Crippen LogP contribution in [0.2, 0.25) is 0 Å². The Labute approximate surface area is 133 Å². The third-order valence-electron chi connectivity index (χ3n) is 4.75. The molecule has 9 nitrogen and oxygen atoms in total. The van der Waals surface area contributed by atoms with Gasteiger partial charge in [-0.3, -0.25) is 9.36 Å². The molecule has 0 spiro atoms. The van der Waals surface area contributed by atoms with Crippen molar-refractivity contribution >= 4 is 23.5 Å². The summed E-state index contributed by atoms with van der Waals surface area (Å²) in [6.45, 7) is 4.55. The Morgan fingerprint density at radius 2 is 2.26 bits per heavy atom. The van der Waals surface area contributed by atoms with Crippen LogP contribution < -0.4 is 11.5 Å². The van der Waals surface area contributed by atoms with Gasteiger partial charge in [-0.2, -0.15) is 0 Å². The molecular weight excluding hydrogens is 300 g/mol. The Kier molecular flexibility index (Phi) is 3.90. The van der Waals surface area contributed by atoms with Crippen LogP contribution in [0.3, 0.4) is 0 Å². The van der Waals surface area contributed by atoms with Gasteiger partial charge in [0.1, 0.15) is 24.1 Å². The van der Waals surface area contributed by atoms with Gasteiger partial charge in [-0.15, -0.1) is 0 Å². The number of rotatable bonds is 5. The second kappa shape index (κ2) is 5.74. The third-order valence-corrected chi connectivity index (χ3v) is 4.75. The van der Waals surface area contributed by atoms with E-state index in [2.05, 4.69) is 15.0 Å². The van der Waals surface area contributed by atoms with Crippen LogP contribution in [0.15, 0.2) is 12.7 Å². The lowest BCUT2D eigenvalue weighted by Crippen LogP contribution is -2.42. The van der Waals surface area contributed by atoms with Crippen molar-refractivity contribution in [1.29, 1.82) is 0 Å². The largest absolute Gasteiger partial charge is 0.465 e. The molecule has 1 unspecified atom stereocenters. The smallest absolute Gasteiger partial charge is 0.293 e. The summed E-state index contributed by atoms with van der Waals surface area (Å²) in [5, 5.41) is 0. The Bertz CT molecular complexity index is 720. The monoisotopic (exact) mass is 320 g/mol. The first kappa shape index (κ1) is 15.6. The van der Waals surface area contributed by atoms with Crippen LogP contribution in [0, 0.1) is 5.92 Å². The quantitative estimate of drug-likeness (QED) is 0.748. The number of nitrogens with zero attached hydrogens (tertiary/aromatic N) is 4. The first-order valence-corrected chi connectivity index (χ1v) is 7.45. The number of carbonyl (C=O) groups is 1. The van der Waals surface area contributed by atoms with Gasteiger partial charge >= 0.3 is 0 Å². The third kappa shape index (κ3) is 2.32. The highest BCUT2D eigenvalue weighted by Crippen LogP contribution is 2.43. The summed E-state index contributed by atoms with van der Waals surface area (Å²) in [5.74, 6) is 0.286. The molecule has 23 heavy (non-hydrogen) atoms. The van der Waals surface area contributed by atoms with E-state index >= 15 is 0 Å². The molecule has 0 aromatic carbocycles. The number of aromatic nitrogens is 4. The lowest BCUT2D eigenvalue weighted by Gasteiger charge is -2.30. The van der Waals surface area contributed by atoms with E-state index in [9.17, 15) is 4.79 Å². The number of ether oxygens (including phenoxy) is 2. The molecule has 1 fully saturated rings. The van der Waals surface area contributed by atoms with E-state index in [-0.39, 0.29) is 18.6 Å². The van der Waals surface area contributed by atoms with Crippen molar-refractivity contribution in [3.8, 4) is 0 Å².